The summed E-state index contributed by atoms with van der Waals surface area (Å²) in [5, 5.41) is 17.4. The largest absolute Gasteiger partial charge is 0.389 e. The van der Waals surface area contributed by atoms with E-state index >= 15 is 0 Å². The molecule has 30 heavy (non-hydrogen) atoms. The molecule has 8 nitrogen and oxygen atoms in total. The Hall–Kier alpha value is -3.52. The molecule has 0 spiro atoms. The fourth-order valence-corrected chi connectivity index (χ4v) is 3.33. The number of rotatable bonds is 5. The molecule has 0 aliphatic carbocycles. The number of aryl methyl sites for hydroxylation is 2. The van der Waals surface area contributed by atoms with Crippen LogP contribution in [0.2, 0.25) is 0 Å². The third kappa shape index (κ3) is 4.08. The molecular formula is C22H24N6O2. The number of carbonyl (C=O) groups excluding carboxylic acids is 1. The maximum absolute atomic E-state index is 13.0. The number of aliphatic hydroxyl groups is 1. The van der Waals surface area contributed by atoms with Crippen molar-refractivity contribution in [3.8, 4) is 11.3 Å². The molecule has 0 fully saturated rings. The monoisotopic (exact) mass is 404 g/mol. The van der Waals surface area contributed by atoms with Crippen LogP contribution in [0.3, 0.4) is 0 Å². The van der Waals surface area contributed by atoms with E-state index in [4.69, 9.17) is 0 Å². The van der Waals surface area contributed by atoms with Crippen LogP contribution in [0.15, 0.2) is 48.9 Å². The number of imidazole rings is 1. The Labute approximate surface area is 174 Å². The molecule has 3 heterocycles. The Morgan fingerprint density at radius 2 is 2.03 bits per heavy atom. The van der Waals surface area contributed by atoms with Gasteiger partial charge in [-0.3, -0.25) is 19.8 Å². The van der Waals surface area contributed by atoms with Crippen molar-refractivity contribution in [2.75, 3.05) is 5.32 Å². The fraction of sp³-hybridized carbons (Fsp3) is 0.273. The number of carbonyl (C=O) groups is 1. The van der Waals surface area contributed by atoms with Gasteiger partial charge in [0.05, 0.1) is 35.1 Å². The molecule has 0 saturated carbocycles. The average molecular weight is 404 g/mol. The second-order valence-electron chi connectivity index (χ2n) is 8.11. The molecule has 8 heteroatoms. The third-order valence-corrected chi connectivity index (χ3v) is 4.70. The Kier molecular flexibility index (Phi) is 4.87. The second kappa shape index (κ2) is 7.38. The van der Waals surface area contributed by atoms with E-state index in [-0.39, 0.29) is 5.91 Å². The van der Waals surface area contributed by atoms with Crippen LogP contribution in [0, 0.1) is 6.92 Å². The van der Waals surface area contributed by atoms with Gasteiger partial charge in [-0.2, -0.15) is 5.10 Å². The number of benzene rings is 1. The topological polar surface area (TPSA) is 97.9 Å². The van der Waals surface area contributed by atoms with E-state index in [1.54, 1.807) is 43.1 Å². The van der Waals surface area contributed by atoms with E-state index in [2.05, 4.69) is 20.4 Å². The first-order chi connectivity index (χ1) is 14.2. The highest BCUT2D eigenvalue weighted by Gasteiger charge is 2.21. The van der Waals surface area contributed by atoms with E-state index in [1.807, 2.05) is 42.9 Å². The SMILES string of the molecule is Cc1ccc2nc(NC(=O)c3ccnc(-c4cnn(C)c4)c3)n(CC(C)(C)O)c2c1. The minimum absolute atomic E-state index is 0.292. The fourth-order valence-electron chi connectivity index (χ4n) is 3.33. The van der Waals surface area contributed by atoms with Crippen LogP contribution >= 0.6 is 0 Å². The number of anilines is 1. The van der Waals surface area contributed by atoms with E-state index in [0.717, 1.165) is 22.2 Å². The molecule has 0 unspecified atom stereocenters. The number of hydrogen-bond donors (Lipinski definition) is 2. The zero-order chi connectivity index (χ0) is 21.5. The number of aromatic nitrogens is 5. The lowest BCUT2D eigenvalue weighted by molar-refractivity contribution is 0.0630. The van der Waals surface area contributed by atoms with Crippen LogP contribution in [0.25, 0.3) is 22.3 Å². The maximum atomic E-state index is 13.0. The highest BCUT2D eigenvalue weighted by atomic mass is 16.3. The summed E-state index contributed by atoms with van der Waals surface area (Å²) in [6.07, 6.45) is 5.14. The summed E-state index contributed by atoms with van der Waals surface area (Å²) in [4.78, 5) is 21.9. The molecule has 4 rings (SSSR count). The predicted octanol–water partition coefficient (Wildman–Crippen LogP) is 3.16. The number of nitrogens with zero attached hydrogens (tertiary/aromatic N) is 5. The average Bonchev–Trinajstić information content (AvgIpc) is 3.25. The highest BCUT2D eigenvalue weighted by Crippen LogP contribution is 2.24. The normalized spacial score (nSPS) is 11.8. The first-order valence-electron chi connectivity index (χ1n) is 9.65. The highest BCUT2D eigenvalue weighted by molar-refractivity contribution is 6.04. The summed E-state index contributed by atoms with van der Waals surface area (Å²) < 4.78 is 3.52. The van der Waals surface area contributed by atoms with Crippen LogP contribution in [-0.2, 0) is 13.6 Å². The third-order valence-electron chi connectivity index (χ3n) is 4.70. The van der Waals surface area contributed by atoms with Gasteiger partial charge >= 0.3 is 0 Å². The van der Waals surface area contributed by atoms with Gasteiger partial charge in [-0.25, -0.2) is 4.98 Å². The summed E-state index contributed by atoms with van der Waals surface area (Å²) in [6.45, 7) is 5.74. The molecular weight excluding hydrogens is 380 g/mol. The van der Waals surface area contributed by atoms with Gasteiger partial charge in [0.2, 0.25) is 5.95 Å². The molecule has 4 aromatic rings. The molecule has 0 aliphatic heterocycles. The summed E-state index contributed by atoms with van der Waals surface area (Å²) in [6, 6.07) is 9.25. The summed E-state index contributed by atoms with van der Waals surface area (Å²) >= 11 is 0. The van der Waals surface area contributed by atoms with Crippen LogP contribution in [0.1, 0.15) is 29.8 Å². The lowest BCUT2D eigenvalue weighted by atomic mass is 10.1. The van der Waals surface area contributed by atoms with Gasteiger partial charge in [0, 0.05) is 30.6 Å². The van der Waals surface area contributed by atoms with Crippen molar-refractivity contribution in [3.63, 3.8) is 0 Å². The second-order valence-corrected chi connectivity index (χ2v) is 8.11. The molecule has 0 radical (unpaired) electrons. The number of fused-ring (bicyclic) bond motifs is 1. The van der Waals surface area contributed by atoms with Gasteiger partial charge in [-0.1, -0.05) is 6.07 Å². The number of amides is 1. The quantitative estimate of drug-likeness (QED) is 0.532. The standard InChI is InChI=1S/C22H24N6O2/c1-14-5-6-17-19(9-14)28(13-22(2,3)30)21(25-17)26-20(29)15-7-8-23-18(10-15)16-11-24-27(4)12-16/h5-12,30H,13H2,1-4H3,(H,25,26,29). The molecule has 1 amide bonds. The van der Waals surface area contributed by atoms with Crippen LogP contribution < -0.4 is 5.32 Å². The van der Waals surface area contributed by atoms with Crippen LogP contribution in [0.4, 0.5) is 5.95 Å². The van der Waals surface area contributed by atoms with Gasteiger partial charge < -0.3 is 9.67 Å². The van der Waals surface area contributed by atoms with Gasteiger partial charge in [-0.05, 0) is 50.6 Å². The zero-order valence-electron chi connectivity index (χ0n) is 17.4. The Bertz CT molecular complexity index is 1230. The summed E-state index contributed by atoms with van der Waals surface area (Å²) in [5.41, 5.74) is 3.67. The molecule has 2 N–H and O–H groups in total. The lowest BCUT2D eigenvalue weighted by Gasteiger charge is -2.20. The Balaban J connectivity index is 1.69. The van der Waals surface area contributed by atoms with Crippen LogP contribution in [0.5, 0.6) is 0 Å². The molecule has 0 saturated heterocycles. The van der Waals surface area contributed by atoms with E-state index in [1.165, 1.54) is 0 Å². The molecule has 1 aromatic carbocycles. The predicted molar refractivity (Wildman–Crippen MR) is 115 cm³/mol. The van der Waals surface area contributed by atoms with Crippen molar-refractivity contribution < 1.29 is 9.90 Å². The van der Waals surface area contributed by atoms with E-state index in [9.17, 15) is 9.90 Å². The molecule has 0 atom stereocenters. The minimum atomic E-state index is -0.971. The zero-order valence-corrected chi connectivity index (χ0v) is 17.4. The summed E-state index contributed by atoms with van der Waals surface area (Å²) in [5.74, 6) is 0.0917. The number of hydrogen-bond acceptors (Lipinski definition) is 5. The first kappa shape index (κ1) is 19.8. The molecule has 0 aliphatic rings. The smallest absolute Gasteiger partial charge is 0.258 e. The van der Waals surface area contributed by atoms with Crippen molar-refractivity contribution in [1.29, 1.82) is 0 Å². The molecule has 0 bridgehead atoms. The number of nitrogens with one attached hydrogen (secondary N) is 1. The van der Waals surface area contributed by atoms with Crippen molar-refractivity contribution in [2.24, 2.45) is 7.05 Å². The van der Waals surface area contributed by atoms with Crippen molar-refractivity contribution in [3.05, 3.63) is 60.0 Å². The summed E-state index contributed by atoms with van der Waals surface area (Å²) in [7, 11) is 1.83. The maximum Gasteiger partial charge on any atom is 0.258 e. The van der Waals surface area contributed by atoms with Gasteiger partial charge in [-0.15, -0.1) is 0 Å². The molecule has 154 valence electrons. The number of pyridine rings is 1. The van der Waals surface area contributed by atoms with Crippen molar-refractivity contribution in [2.45, 2.75) is 32.9 Å². The van der Waals surface area contributed by atoms with E-state index < -0.39 is 5.60 Å². The lowest BCUT2D eigenvalue weighted by Crippen LogP contribution is -2.27. The van der Waals surface area contributed by atoms with Crippen LogP contribution in [-0.4, -0.2) is 40.9 Å². The Morgan fingerprint density at radius 3 is 2.73 bits per heavy atom. The van der Waals surface area contributed by atoms with Gasteiger partial charge in [0.15, 0.2) is 0 Å². The Morgan fingerprint density at radius 1 is 1.23 bits per heavy atom. The minimum Gasteiger partial charge on any atom is -0.389 e. The molecule has 3 aromatic heterocycles. The van der Waals surface area contributed by atoms with E-state index in [0.29, 0.717) is 23.8 Å². The van der Waals surface area contributed by atoms with Gasteiger partial charge in [0.1, 0.15) is 0 Å². The van der Waals surface area contributed by atoms with Gasteiger partial charge in [0.25, 0.3) is 5.91 Å². The van der Waals surface area contributed by atoms with Crippen molar-refractivity contribution >= 4 is 22.9 Å². The van der Waals surface area contributed by atoms with Crippen molar-refractivity contribution in [1.82, 2.24) is 24.3 Å². The first-order valence-corrected chi connectivity index (χ1v) is 9.65.